The summed E-state index contributed by atoms with van der Waals surface area (Å²) in [7, 11) is 0. The predicted octanol–water partition coefficient (Wildman–Crippen LogP) is 3.58. The van der Waals surface area contributed by atoms with Crippen LogP contribution < -0.4 is 15.8 Å². The Morgan fingerprint density at radius 2 is 2.00 bits per heavy atom. The van der Waals surface area contributed by atoms with Crippen LogP contribution in [-0.4, -0.2) is 24.1 Å². The molecule has 1 unspecified atom stereocenters. The van der Waals surface area contributed by atoms with Crippen LogP contribution in [0.2, 0.25) is 0 Å². The molecule has 0 heterocycles. The fourth-order valence-corrected chi connectivity index (χ4v) is 2.66. The Balaban J connectivity index is 0.00000441. The van der Waals surface area contributed by atoms with E-state index in [4.69, 9.17) is 10.5 Å². The molecule has 1 amide bonds. The lowest BCUT2D eigenvalue weighted by molar-refractivity contribution is -0.129. The molecular weight excluding hydrogens is 368 g/mol. The second-order valence-electron chi connectivity index (χ2n) is 5.37. The van der Waals surface area contributed by atoms with Crippen LogP contribution in [0.1, 0.15) is 39.2 Å². The SMILES string of the molecule is CCC(CC)(CN)NC(=O)C(C)Oc1ccc(C)cc1Br.Cl. The highest BCUT2D eigenvalue weighted by Gasteiger charge is 2.29. The van der Waals surface area contributed by atoms with Crippen LogP contribution in [0.3, 0.4) is 0 Å². The van der Waals surface area contributed by atoms with Gasteiger partial charge in [-0.2, -0.15) is 0 Å². The molecule has 0 aromatic heterocycles. The Bertz CT molecular complexity index is 485. The monoisotopic (exact) mass is 392 g/mol. The van der Waals surface area contributed by atoms with Crippen molar-refractivity contribution in [2.24, 2.45) is 5.73 Å². The molecule has 1 aromatic carbocycles. The number of halogens is 2. The first-order valence-corrected chi connectivity index (χ1v) is 8.11. The molecule has 0 aliphatic rings. The first-order valence-electron chi connectivity index (χ1n) is 7.32. The van der Waals surface area contributed by atoms with E-state index in [2.05, 4.69) is 21.2 Å². The number of aryl methyl sites for hydroxylation is 1. The Labute approximate surface area is 147 Å². The van der Waals surface area contributed by atoms with Crippen molar-refractivity contribution >= 4 is 34.2 Å². The molecule has 0 fully saturated rings. The van der Waals surface area contributed by atoms with Crippen LogP contribution in [0, 0.1) is 6.92 Å². The molecule has 1 rings (SSSR count). The number of hydrogen-bond donors (Lipinski definition) is 2. The minimum atomic E-state index is -0.576. The number of hydrogen-bond acceptors (Lipinski definition) is 3. The van der Waals surface area contributed by atoms with Gasteiger partial charge < -0.3 is 15.8 Å². The Morgan fingerprint density at radius 1 is 1.41 bits per heavy atom. The number of carbonyl (C=O) groups is 1. The quantitative estimate of drug-likeness (QED) is 0.744. The van der Waals surface area contributed by atoms with Gasteiger partial charge in [0.25, 0.3) is 5.91 Å². The molecule has 0 saturated heterocycles. The van der Waals surface area contributed by atoms with Gasteiger partial charge in [0.05, 0.1) is 10.0 Å². The minimum Gasteiger partial charge on any atom is -0.480 e. The number of nitrogens with two attached hydrogens (primary N) is 1. The minimum absolute atomic E-state index is 0. The van der Waals surface area contributed by atoms with Gasteiger partial charge in [-0.1, -0.05) is 19.9 Å². The molecule has 0 aliphatic heterocycles. The van der Waals surface area contributed by atoms with Gasteiger partial charge in [0.1, 0.15) is 5.75 Å². The molecule has 1 aromatic rings. The number of carbonyl (C=O) groups excluding carboxylic acids is 1. The van der Waals surface area contributed by atoms with E-state index in [9.17, 15) is 4.79 Å². The third-order valence-corrected chi connectivity index (χ3v) is 4.51. The molecule has 126 valence electrons. The summed E-state index contributed by atoms with van der Waals surface area (Å²) < 4.78 is 6.59. The second kappa shape index (κ2) is 9.38. The normalized spacial score (nSPS) is 12.3. The van der Waals surface area contributed by atoms with Crippen molar-refractivity contribution < 1.29 is 9.53 Å². The molecule has 1 atom stereocenters. The molecule has 22 heavy (non-hydrogen) atoms. The molecule has 3 N–H and O–H groups in total. The Hall–Kier alpha value is -0.780. The lowest BCUT2D eigenvalue weighted by Gasteiger charge is -2.32. The molecular formula is C16H26BrClN2O2. The van der Waals surface area contributed by atoms with Crippen molar-refractivity contribution in [2.45, 2.75) is 52.2 Å². The summed E-state index contributed by atoms with van der Waals surface area (Å²) in [5.74, 6) is 0.520. The lowest BCUT2D eigenvalue weighted by Crippen LogP contribution is -2.55. The maximum Gasteiger partial charge on any atom is 0.261 e. The topological polar surface area (TPSA) is 64.3 Å². The van der Waals surface area contributed by atoms with Crippen molar-refractivity contribution in [2.75, 3.05) is 6.54 Å². The van der Waals surface area contributed by atoms with Gasteiger partial charge in [0.2, 0.25) is 0 Å². The second-order valence-corrected chi connectivity index (χ2v) is 6.23. The summed E-state index contributed by atoms with van der Waals surface area (Å²) in [6.07, 6.45) is 1.02. The van der Waals surface area contributed by atoms with Gasteiger partial charge in [0, 0.05) is 6.54 Å². The smallest absolute Gasteiger partial charge is 0.261 e. The molecule has 4 nitrogen and oxygen atoms in total. The number of ether oxygens (including phenoxy) is 1. The van der Waals surface area contributed by atoms with Gasteiger partial charge in [0.15, 0.2) is 6.10 Å². The summed E-state index contributed by atoms with van der Waals surface area (Å²) in [6.45, 7) is 8.22. The van der Waals surface area contributed by atoms with Crippen molar-refractivity contribution in [3.05, 3.63) is 28.2 Å². The maximum atomic E-state index is 12.3. The highest BCUT2D eigenvalue weighted by atomic mass is 79.9. The number of benzene rings is 1. The molecule has 0 aliphatic carbocycles. The van der Waals surface area contributed by atoms with Crippen molar-refractivity contribution in [1.29, 1.82) is 0 Å². The van der Waals surface area contributed by atoms with Crippen LogP contribution in [0.25, 0.3) is 0 Å². The maximum absolute atomic E-state index is 12.3. The van der Waals surface area contributed by atoms with Crippen LogP contribution in [0.5, 0.6) is 5.75 Å². The van der Waals surface area contributed by atoms with Crippen molar-refractivity contribution in [1.82, 2.24) is 5.32 Å². The van der Waals surface area contributed by atoms with Gasteiger partial charge in [-0.15, -0.1) is 12.4 Å². The summed E-state index contributed by atoms with van der Waals surface area (Å²) in [4.78, 5) is 12.3. The zero-order valence-electron chi connectivity index (χ0n) is 13.6. The first kappa shape index (κ1) is 21.2. The van der Waals surface area contributed by atoms with Crippen LogP contribution in [0.15, 0.2) is 22.7 Å². The average molecular weight is 394 g/mol. The summed E-state index contributed by atoms with van der Waals surface area (Å²) in [5.41, 5.74) is 6.59. The summed E-state index contributed by atoms with van der Waals surface area (Å²) in [5, 5.41) is 3.03. The molecule has 0 spiro atoms. The number of amides is 1. The van der Waals surface area contributed by atoms with Gasteiger partial charge >= 0.3 is 0 Å². The van der Waals surface area contributed by atoms with E-state index in [1.165, 1.54) is 0 Å². The van der Waals surface area contributed by atoms with Gasteiger partial charge in [-0.25, -0.2) is 0 Å². The lowest BCUT2D eigenvalue weighted by atomic mass is 9.92. The molecule has 6 heteroatoms. The third-order valence-electron chi connectivity index (χ3n) is 3.89. The summed E-state index contributed by atoms with van der Waals surface area (Å²) >= 11 is 3.45. The first-order chi connectivity index (χ1) is 9.87. The van der Waals surface area contributed by atoms with E-state index in [-0.39, 0.29) is 23.9 Å². The largest absolute Gasteiger partial charge is 0.480 e. The number of rotatable bonds is 7. The van der Waals surface area contributed by atoms with E-state index in [1.807, 2.05) is 39.0 Å². The van der Waals surface area contributed by atoms with Crippen LogP contribution in [0.4, 0.5) is 0 Å². The Kier molecular flexibility index (Phi) is 9.05. The molecule has 0 radical (unpaired) electrons. The van der Waals surface area contributed by atoms with E-state index in [0.717, 1.165) is 22.9 Å². The van der Waals surface area contributed by atoms with E-state index in [0.29, 0.717) is 12.3 Å². The zero-order valence-corrected chi connectivity index (χ0v) is 16.0. The van der Waals surface area contributed by atoms with Gasteiger partial charge in [-0.05, 0) is 60.3 Å². The molecule has 0 bridgehead atoms. The Morgan fingerprint density at radius 3 is 2.45 bits per heavy atom. The molecule has 0 saturated carbocycles. The number of nitrogens with one attached hydrogen (secondary N) is 1. The summed E-state index contributed by atoms with van der Waals surface area (Å²) in [6, 6.07) is 5.77. The highest BCUT2D eigenvalue weighted by molar-refractivity contribution is 9.10. The third kappa shape index (κ3) is 5.45. The van der Waals surface area contributed by atoms with Crippen molar-refractivity contribution in [3.63, 3.8) is 0 Å². The predicted molar refractivity (Wildman–Crippen MR) is 96.7 cm³/mol. The highest BCUT2D eigenvalue weighted by Crippen LogP contribution is 2.26. The zero-order chi connectivity index (χ0) is 16.0. The van der Waals surface area contributed by atoms with Gasteiger partial charge in [-0.3, -0.25) is 4.79 Å². The van der Waals surface area contributed by atoms with Crippen LogP contribution in [-0.2, 0) is 4.79 Å². The fraction of sp³-hybridized carbons (Fsp3) is 0.562. The van der Waals surface area contributed by atoms with Crippen molar-refractivity contribution in [3.8, 4) is 5.75 Å². The van der Waals surface area contributed by atoms with Crippen LogP contribution >= 0.6 is 28.3 Å². The standard InChI is InChI=1S/C16H25BrN2O2.ClH/c1-5-16(6-2,10-18)19-15(20)12(4)21-14-8-7-11(3)9-13(14)17;/h7-9,12H,5-6,10,18H2,1-4H3,(H,19,20);1H. The van der Waals surface area contributed by atoms with E-state index in [1.54, 1.807) is 6.92 Å². The van der Waals surface area contributed by atoms with E-state index >= 15 is 0 Å². The van der Waals surface area contributed by atoms with E-state index < -0.39 is 6.10 Å². The fourth-order valence-electron chi connectivity index (χ4n) is 2.07. The average Bonchev–Trinajstić information content (AvgIpc) is 2.47.